The highest BCUT2D eigenvalue weighted by Crippen LogP contribution is 2.17. The third-order valence-corrected chi connectivity index (χ3v) is 4.63. The van der Waals surface area contributed by atoms with E-state index in [0.717, 1.165) is 4.31 Å². The molecule has 0 saturated carbocycles. The number of carbonyl (C=O) groups is 1. The van der Waals surface area contributed by atoms with Crippen molar-refractivity contribution in [3.8, 4) is 0 Å². The molecule has 1 heterocycles. The summed E-state index contributed by atoms with van der Waals surface area (Å²) in [6.07, 6.45) is 1.43. The molecule has 0 amide bonds. The van der Waals surface area contributed by atoms with E-state index in [1.807, 2.05) is 6.92 Å². The van der Waals surface area contributed by atoms with Gasteiger partial charge in [0.2, 0.25) is 0 Å². The van der Waals surface area contributed by atoms with Gasteiger partial charge in [-0.2, -0.15) is 4.31 Å². The molecule has 0 aliphatic carbocycles. The van der Waals surface area contributed by atoms with Crippen molar-refractivity contribution in [2.75, 3.05) is 6.54 Å². The van der Waals surface area contributed by atoms with Crippen molar-refractivity contribution in [3.05, 3.63) is 12.0 Å². The van der Waals surface area contributed by atoms with E-state index in [1.54, 1.807) is 25.3 Å². The maximum Gasteiger partial charge on any atom is 0.318 e. The highest BCUT2D eigenvalue weighted by atomic mass is 32.2. The lowest BCUT2D eigenvalue weighted by molar-refractivity contribution is -0.137. The van der Waals surface area contributed by atoms with E-state index in [-0.39, 0.29) is 5.03 Å². The van der Waals surface area contributed by atoms with Gasteiger partial charge in [0.15, 0.2) is 5.03 Å². The summed E-state index contributed by atoms with van der Waals surface area (Å²) in [5.41, 5.74) is 0. The predicted octanol–water partition coefficient (Wildman–Crippen LogP) is 0.695. The first-order valence-electron chi connectivity index (χ1n) is 5.97. The molecule has 0 bridgehead atoms. The number of aryl methyl sites for hydroxylation is 2. The predicted molar refractivity (Wildman–Crippen MR) is 69.3 cm³/mol. The Kier molecular flexibility index (Phi) is 4.70. The first-order chi connectivity index (χ1) is 8.70. The van der Waals surface area contributed by atoms with Crippen molar-refractivity contribution in [1.82, 2.24) is 13.9 Å². The average Bonchev–Trinajstić information content (AvgIpc) is 2.67. The molecule has 7 nitrogen and oxygen atoms in total. The first kappa shape index (κ1) is 15.6. The van der Waals surface area contributed by atoms with Crippen LogP contribution in [0.5, 0.6) is 0 Å². The third kappa shape index (κ3) is 3.32. The summed E-state index contributed by atoms with van der Waals surface area (Å²) in [5, 5.41) is 8.71. The number of sulfonamides is 1. The van der Waals surface area contributed by atoms with E-state index in [1.165, 1.54) is 6.20 Å². The number of aromatic nitrogens is 2. The van der Waals surface area contributed by atoms with Crippen LogP contribution in [0.4, 0.5) is 0 Å². The van der Waals surface area contributed by atoms with E-state index in [9.17, 15) is 13.2 Å². The summed E-state index contributed by atoms with van der Waals surface area (Å²) in [4.78, 5) is 14.8. The molecule has 0 radical (unpaired) electrons. The van der Waals surface area contributed by atoms with Crippen LogP contribution in [0.15, 0.2) is 11.2 Å². The number of carboxylic acid groups (broad SMARTS) is 1. The highest BCUT2D eigenvalue weighted by Gasteiger charge is 2.31. The fourth-order valence-corrected chi connectivity index (χ4v) is 3.31. The van der Waals surface area contributed by atoms with Crippen molar-refractivity contribution < 1.29 is 18.3 Å². The lowest BCUT2D eigenvalue weighted by atomic mass is 10.4. The molecular weight excluding hydrogens is 270 g/mol. The van der Waals surface area contributed by atoms with Crippen LogP contribution >= 0.6 is 0 Å². The van der Waals surface area contributed by atoms with E-state index >= 15 is 0 Å². The van der Waals surface area contributed by atoms with Gasteiger partial charge in [0.1, 0.15) is 12.4 Å². The minimum absolute atomic E-state index is 0.109. The van der Waals surface area contributed by atoms with E-state index in [2.05, 4.69) is 4.98 Å². The molecule has 0 atom stereocenters. The fourth-order valence-electron chi connectivity index (χ4n) is 1.72. The second kappa shape index (κ2) is 5.70. The first-order valence-corrected chi connectivity index (χ1v) is 7.41. The number of aliphatic carboxylic acids is 1. The Morgan fingerprint density at radius 1 is 1.53 bits per heavy atom. The highest BCUT2D eigenvalue weighted by molar-refractivity contribution is 7.89. The van der Waals surface area contributed by atoms with Crippen LogP contribution in [0, 0.1) is 6.92 Å². The van der Waals surface area contributed by atoms with Gasteiger partial charge in [-0.15, -0.1) is 0 Å². The largest absolute Gasteiger partial charge is 0.480 e. The number of hydrogen-bond donors (Lipinski definition) is 1. The number of rotatable bonds is 6. The Morgan fingerprint density at radius 3 is 2.47 bits per heavy atom. The average molecular weight is 289 g/mol. The topological polar surface area (TPSA) is 92.5 Å². The van der Waals surface area contributed by atoms with Crippen molar-refractivity contribution in [2.45, 2.75) is 45.3 Å². The maximum absolute atomic E-state index is 12.4. The van der Waals surface area contributed by atoms with E-state index in [4.69, 9.17) is 5.11 Å². The number of nitrogens with zero attached hydrogens (tertiary/aromatic N) is 3. The summed E-state index contributed by atoms with van der Waals surface area (Å²) in [6.45, 7) is 6.88. The Balaban J connectivity index is 3.22. The van der Waals surface area contributed by atoms with E-state index in [0.29, 0.717) is 12.4 Å². The lowest BCUT2D eigenvalue weighted by Gasteiger charge is -2.22. The molecule has 0 aromatic carbocycles. The Labute approximate surface area is 112 Å². The Hall–Kier alpha value is -1.41. The normalized spacial score (nSPS) is 12.3. The van der Waals surface area contributed by atoms with Crippen molar-refractivity contribution >= 4 is 16.0 Å². The molecule has 0 unspecified atom stereocenters. The third-order valence-electron chi connectivity index (χ3n) is 2.73. The summed E-state index contributed by atoms with van der Waals surface area (Å²) in [6, 6.07) is -0.451. The SMILES string of the molecule is CCn1cc(S(=O)(=O)N(CC(=O)O)C(C)C)nc1C. The summed E-state index contributed by atoms with van der Waals surface area (Å²) in [5.74, 6) is -0.607. The molecule has 0 fully saturated rings. The molecule has 0 aliphatic heterocycles. The van der Waals surface area contributed by atoms with Crippen molar-refractivity contribution in [2.24, 2.45) is 0 Å². The zero-order valence-corrected chi connectivity index (χ0v) is 12.3. The Bertz CT molecular complexity index is 562. The van der Waals surface area contributed by atoms with Crippen LogP contribution < -0.4 is 0 Å². The number of imidazole rings is 1. The van der Waals surface area contributed by atoms with Gasteiger partial charge in [-0.1, -0.05) is 0 Å². The molecule has 1 rings (SSSR count). The summed E-state index contributed by atoms with van der Waals surface area (Å²) < 4.78 is 27.4. The minimum atomic E-state index is -3.89. The van der Waals surface area contributed by atoms with Crippen LogP contribution in [0.3, 0.4) is 0 Å². The summed E-state index contributed by atoms with van der Waals surface area (Å²) >= 11 is 0. The monoisotopic (exact) mass is 289 g/mol. The van der Waals surface area contributed by atoms with Crippen LogP contribution in [0.25, 0.3) is 0 Å². The van der Waals surface area contributed by atoms with Gasteiger partial charge < -0.3 is 9.67 Å². The molecule has 0 saturated heterocycles. The molecule has 1 N–H and O–H groups in total. The zero-order chi connectivity index (χ0) is 14.8. The molecule has 0 spiro atoms. The number of hydrogen-bond acceptors (Lipinski definition) is 4. The second-order valence-electron chi connectivity index (χ2n) is 4.45. The quantitative estimate of drug-likeness (QED) is 0.832. The molecule has 0 aliphatic rings. The van der Waals surface area contributed by atoms with Gasteiger partial charge in [0, 0.05) is 18.8 Å². The number of carboxylic acids is 1. The minimum Gasteiger partial charge on any atom is -0.480 e. The molecular formula is C11H19N3O4S. The molecule has 108 valence electrons. The fraction of sp³-hybridized carbons (Fsp3) is 0.636. The van der Waals surface area contributed by atoms with Crippen LogP contribution in [-0.2, 0) is 21.4 Å². The van der Waals surface area contributed by atoms with Gasteiger partial charge in [-0.25, -0.2) is 13.4 Å². The van der Waals surface area contributed by atoms with E-state index < -0.39 is 28.6 Å². The molecule has 8 heteroatoms. The van der Waals surface area contributed by atoms with Gasteiger partial charge in [-0.05, 0) is 27.7 Å². The zero-order valence-electron chi connectivity index (χ0n) is 11.5. The van der Waals surface area contributed by atoms with Crippen LogP contribution in [0.1, 0.15) is 26.6 Å². The second-order valence-corrected chi connectivity index (χ2v) is 6.29. The Morgan fingerprint density at radius 2 is 2.11 bits per heavy atom. The van der Waals surface area contributed by atoms with Gasteiger partial charge in [-0.3, -0.25) is 4.79 Å². The van der Waals surface area contributed by atoms with Crippen LogP contribution in [-0.4, -0.2) is 45.9 Å². The molecule has 1 aromatic rings. The molecule has 1 aromatic heterocycles. The summed E-state index contributed by atoms with van der Waals surface area (Å²) in [7, 11) is -3.89. The standard InChI is InChI=1S/C11H19N3O4S/c1-5-13-6-10(12-9(13)4)19(17,18)14(8(2)3)7-11(15)16/h6,8H,5,7H2,1-4H3,(H,15,16). The lowest BCUT2D eigenvalue weighted by Crippen LogP contribution is -2.40. The van der Waals surface area contributed by atoms with Gasteiger partial charge >= 0.3 is 5.97 Å². The maximum atomic E-state index is 12.4. The van der Waals surface area contributed by atoms with Crippen molar-refractivity contribution in [3.63, 3.8) is 0 Å². The van der Waals surface area contributed by atoms with Crippen LogP contribution in [0.2, 0.25) is 0 Å². The molecule has 19 heavy (non-hydrogen) atoms. The van der Waals surface area contributed by atoms with Crippen molar-refractivity contribution in [1.29, 1.82) is 0 Å². The van der Waals surface area contributed by atoms with Gasteiger partial charge in [0.25, 0.3) is 10.0 Å². The smallest absolute Gasteiger partial charge is 0.318 e. The van der Waals surface area contributed by atoms with Gasteiger partial charge in [0.05, 0.1) is 0 Å².